The number of carbonyl (C=O) groups excluding carboxylic acids is 2. The SMILES string of the molecule is CCN(C(=O)c1ccc(F)cc1)c1cccc(C(=O)Nc2c(C)cc(C(F)(C(F)(F)F)C(F)(F)F)cc2OC(F)F)c1OC. The number of aryl methyl sites for hydroxylation is 1. The highest BCUT2D eigenvalue weighted by Gasteiger charge is 2.73. The van der Waals surface area contributed by atoms with Crippen molar-refractivity contribution in [3.8, 4) is 11.5 Å². The molecule has 3 aromatic carbocycles. The molecular formula is C28H22F10N2O4. The highest BCUT2D eigenvalue weighted by atomic mass is 19.4. The molecule has 1 N–H and O–H groups in total. The van der Waals surface area contributed by atoms with Crippen LogP contribution in [-0.2, 0) is 5.67 Å². The van der Waals surface area contributed by atoms with Crippen molar-refractivity contribution in [2.75, 3.05) is 23.9 Å². The van der Waals surface area contributed by atoms with Gasteiger partial charge in [-0.25, -0.2) is 8.78 Å². The predicted molar refractivity (Wildman–Crippen MR) is 137 cm³/mol. The average Bonchev–Trinajstić information content (AvgIpc) is 2.93. The third-order valence-electron chi connectivity index (χ3n) is 6.32. The van der Waals surface area contributed by atoms with E-state index in [1.165, 1.54) is 24.3 Å². The summed E-state index contributed by atoms with van der Waals surface area (Å²) in [5, 5.41) is 2.08. The molecule has 44 heavy (non-hydrogen) atoms. The molecule has 0 saturated heterocycles. The summed E-state index contributed by atoms with van der Waals surface area (Å²) < 4.78 is 144. The van der Waals surface area contributed by atoms with E-state index in [-0.39, 0.29) is 41.2 Å². The van der Waals surface area contributed by atoms with Crippen molar-refractivity contribution in [2.45, 2.75) is 38.5 Å². The Labute approximate surface area is 243 Å². The molecule has 2 amide bonds. The number of nitrogens with one attached hydrogen (secondary N) is 1. The van der Waals surface area contributed by atoms with Crippen molar-refractivity contribution >= 4 is 23.2 Å². The standard InChI is InChI=1S/C28H22F10N2O4/c1-4-40(24(42)15-8-10-17(29)11-9-15)19-7-5-6-18(22(19)43-3)23(41)39-21-14(2)12-16(13-20(21)44-25(30)31)26(32,27(33,34)35)28(36,37)38/h5-13,25H,4H2,1-3H3,(H,39,41). The van der Waals surface area contributed by atoms with Gasteiger partial charge >= 0.3 is 24.6 Å². The molecule has 3 rings (SSSR count). The molecule has 238 valence electrons. The highest BCUT2D eigenvalue weighted by Crippen LogP contribution is 2.54. The van der Waals surface area contributed by atoms with Gasteiger partial charge in [0.1, 0.15) is 11.6 Å². The van der Waals surface area contributed by atoms with Crippen LogP contribution in [0.15, 0.2) is 54.6 Å². The number of hydrogen-bond donors (Lipinski definition) is 1. The van der Waals surface area contributed by atoms with Crippen LogP contribution in [0.2, 0.25) is 0 Å². The summed E-state index contributed by atoms with van der Waals surface area (Å²) in [4.78, 5) is 27.6. The van der Waals surface area contributed by atoms with Gasteiger partial charge in [0.05, 0.1) is 24.0 Å². The fraction of sp³-hybridized carbons (Fsp3) is 0.286. The van der Waals surface area contributed by atoms with Gasteiger partial charge in [-0.05, 0) is 67.9 Å². The van der Waals surface area contributed by atoms with E-state index in [0.29, 0.717) is 0 Å². The quantitative estimate of drug-likeness (QED) is 0.241. The van der Waals surface area contributed by atoms with E-state index in [9.17, 15) is 53.5 Å². The summed E-state index contributed by atoms with van der Waals surface area (Å²) in [7, 11) is 1.12. The van der Waals surface area contributed by atoms with Gasteiger partial charge < -0.3 is 19.7 Å². The van der Waals surface area contributed by atoms with E-state index in [1.54, 1.807) is 6.92 Å². The van der Waals surface area contributed by atoms with Gasteiger partial charge in [0, 0.05) is 17.7 Å². The Balaban J connectivity index is 2.11. The summed E-state index contributed by atoms with van der Waals surface area (Å²) in [6.45, 7) is -1.40. The molecule has 16 heteroatoms. The van der Waals surface area contributed by atoms with Crippen molar-refractivity contribution in [2.24, 2.45) is 0 Å². The Bertz CT molecular complexity index is 1510. The van der Waals surface area contributed by atoms with E-state index < -0.39 is 64.8 Å². The molecule has 0 unspecified atom stereocenters. The Morgan fingerprint density at radius 3 is 2.02 bits per heavy atom. The van der Waals surface area contributed by atoms with Gasteiger partial charge in [-0.15, -0.1) is 0 Å². The topological polar surface area (TPSA) is 67.9 Å². The summed E-state index contributed by atoms with van der Waals surface area (Å²) in [6, 6.07) is 8.20. The van der Waals surface area contributed by atoms with Crippen molar-refractivity contribution in [3.05, 3.63) is 82.7 Å². The van der Waals surface area contributed by atoms with E-state index >= 15 is 0 Å². The van der Waals surface area contributed by atoms with Gasteiger partial charge in [0.15, 0.2) is 5.75 Å². The number of alkyl halides is 9. The molecule has 0 aliphatic rings. The number of benzene rings is 3. The molecule has 0 heterocycles. The van der Waals surface area contributed by atoms with Crippen LogP contribution in [0.5, 0.6) is 11.5 Å². The number of nitrogens with zero attached hydrogens (tertiary/aromatic N) is 1. The van der Waals surface area contributed by atoms with Crippen molar-refractivity contribution < 1.29 is 63.0 Å². The summed E-state index contributed by atoms with van der Waals surface area (Å²) in [5.41, 5.74) is -9.84. The first-order chi connectivity index (χ1) is 20.4. The number of amides is 2. The van der Waals surface area contributed by atoms with Crippen molar-refractivity contribution in [1.82, 2.24) is 0 Å². The van der Waals surface area contributed by atoms with Crippen LogP contribution in [-0.4, -0.2) is 44.4 Å². The zero-order valence-electron chi connectivity index (χ0n) is 22.8. The second-order valence-electron chi connectivity index (χ2n) is 9.07. The normalized spacial score (nSPS) is 12.2. The average molecular weight is 640 g/mol. The minimum absolute atomic E-state index is 0.00792. The lowest BCUT2D eigenvalue weighted by Crippen LogP contribution is -2.50. The Kier molecular flexibility index (Phi) is 9.75. The predicted octanol–water partition coefficient (Wildman–Crippen LogP) is 7.95. The molecule has 0 aliphatic carbocycles. The van der Waals surface area contributed by atoms with Crippen LogP contribution in [0, 0.1) is 12.7 Å². The molecule has 0 saturated carbocycles. The number of halogens is 10. The van der Waals surface area contributed by atoms with Crippen LogP contribution in [0.25, 0.3) is 0 Å². The third-order valence-corrected chi connectivity index (χ3v) is 6.32. The molecular weight excluding hydrogens is 618 g/mol. The molecule has 6 nitrogen and oxygen atoms in total. The number of anilines is 2. The van der Waals surface area contributed by atoms with Crippen LogP contribution in [0.4, 0.5) is 55.3 Å². The maximum atomic E-state index is 14.7. The van der Waals surface area contributed by atoms with Crippen LogP contribution < -0.4 is 19.7 Å². The molecule has 0 spiro atoms. The lowest BCUT2D eigenvalue weighted by Gasteiger charge is -2.31. The third kappa shape index (κ3) is 6.53. The van der Waals surface area contributed by atoms with Crippen molar-refractivity contribution in [3.63, 3.8) is 0 Å². The first-order valence-corrected chi connectivity index (χ1v) is 12.3. The fourth-order valence-corrected chi connectivity index (χ4v) is 4.27. The zero-order valence-corrected chi connectivity index (χ0v) is 22.8. The van der Waals surface area contributed by atoms with Gasteiger partial charge in [-0.3, -0.25) is 9.59 Å². The molecule has 0 fully saturated rings. The Morgan fingerprint density at radius 2 is 1.52 bits per heavy atom. The maximum Gasteiger partial charge on any atom is 0.435 e. The molecule has 0 aromatic heterocycles. The maximum absolute atomic E-state index is 14.7. The Hall–Kier alpha value is -4.50. The number of hydrogen-bond acceptors (Lipinski definition) is 4. The molecule has 0 bridgehead atoms. The summed E-state index contributed by atoms with van der Waals surface area (Å²) in [5.74, 6) is -4.05. The first kappa shape index (κ1) is 34.0. The van der Waals surface area contributed by atoms with Crippen LogP contribution in [0.3, 0.4) is 0 Å². The summed E-state index contributed by atoms with van der Waals surface area (Å²) >= 11 is 0. The van der Waals surface area contributed by atoms with Crippen LogP contribution >= 0.6 is 0 Å². The van der Waals surface area contributed by atoms with Gasteiger partial charge in [-0.1, -0.05) is 6.07 Å². The second-order valence-corrected chi connectivity index (χ2v) is 9.07. The second kappa shape index (κ2) is 12.6. The van der Waals surface area contributed by atoms with Gasteiger partial charge in [0.2, 0.25) is 0 Å². The van der Waals surface area contributed by atoms with E-state index in [4.69, 9.17) is 4.74 Å². The number of para-hydroxylation sites is 1. The van der Waals surface area contributed by atoms with Gasteiger partial charge in [0.25, 0.3) is 11.8 Å². The lowest BCUT2D eigenvalue weighted by molar-refractivity contribution is -0.348. The number of carbonyl (C=O) groups is 2. The Morgan fingerprint density at radius 1 is 0.932 bits per heavy atom. The van der Waals surface area contributed by atoms with E-state index in [0.717, 1.165) is 37.1 Å². The molecule has 3 aromatic rings. The molecule has 0 atom stereocenters. The zero-order chi connectivity index (χ0) is 33.2. The first-order valence-electron chi connectivity index (χ1n) is 12.3. The van der Waals surface area contributed by atoms with E-state index in [2.05, 4.69) is 10.1 Å². The largest absolute Gasteiger partial charge is 0.494 e. The number of methoxy groups -OCH3 is 1. The molecule has 0 aliphatic heterocycles. The van der Waals surface area contributed by atoms with Crippen LogP contribution in [0.1, 0.15) is 38.8 Å². The number of rotatable bonds is 9. The minimum Gasteiger partial charge on any atom is -0.494 e. The fourth-order valence-electron chi connectivity index (χ4n) is 4.27. The summed E-state index contributed by atoms with van der Waals surface area (Å²) in [6.07, 6.45) is -13.1. The number of ether oxygens (including phenoxy) is 2. The monoisotopic (exact) mass is 640 g/mol. The lowest BCUT2D eigenvalue weighted by atomic mass is 9.92. The minimum atomic E-state index is -6.55. The smallest absolute Gasteiger partial charge is 0.435 e. The molecule has 0 radical (unpaired) electrons. The van der Waals surface area contributed by atoms with E-state index in [1.807, 2.05) is 0 Å². The van der Waals surface area contributed by atoms with Crippen molar-refractivity contribution in [1.29, 1.82) is 0 Å². The van der Waals surface area contributed by atoms with Gasteiger partial charge in [-0.2, -0.15) is 35.1 Å². The highest BCUT2D eigenvalue weighted by molar-refractivity contribution is 6.11.